The highest BCUT2D eigenvalue weighted by Gasteiger charge is 2.13. The van der Waals surface area contributed by atoms with Crippen LogP contribution in [0, 0.1) is 6.57 Å². The largest absolute Gasteiger partial charge is 0.500 e. The Labute approximate surface area is 237 Å². The normalized spacial score (nSPS) is 10.9. The standard InChI is InChI=1S/C31H24N4O5S/c1-32-28-18-26-27(19-30(28)39-20-21-7-4-3-5-8-21)33-16-15-29(26)40-24-13-11-22(12-14-24)34-31(36)35-23-9-6-10-25(17-23)41(2,37)38/h3-19H,20H2,2H3,(H2,34,35,36). The summed E-state index contributed by atoms with van der Waals surface area (Å²) in [5.74, 6) is 1.47. The Morgan fingerprint density at radius 2 is 1.63 bits per heavy atom. The van der Waals surface area contributed by atoms with Crippen molar-refractivity contribution in [2.45, 2.75) is 11.5 Å². The number of benzene rings is 4. The zero-order valence-electron chi connectivity index (χ0n) is 21.9. The third-order valence-electron chi connectivity index (χ3n) is 6.00. The molecule has 0 bridgehead atoms. The molecule has 0 saturated carbocycles. The average molecular weight is 565 g/mol. The highest BCUT2D eigenvalue weighted by atomic mass is 32.2. The van der Waals surface area contributed by atoms with E-state index in [2.05, 4.69) is 20.5 Å². The molecule has 10 heteroatoms. The number of anilines is 2. The fourth-order valence-electron chi connectivity index (χ4n) is 4.00. The second-order valence-electron chi connectivity index (χ2n) is 9.04. The third-order valence-corrected chi connectivity index (χ3v) is 7.11. The number of fused-ring (bicyclic) bond motifs is 1. The molecular formula is C31H24N4O5S. The SMILES string of the molecule is [C-]#[N+]c1cc2c(Oc3ccc(NC(=O)Nc4cccc(S(C)(=O)=O)c4)cc3)ccnc2cc1OCc1ccccc1. The van der Waals surface area contributed by atoms with E-state index < -0.39 is 15.9 Å². The van der Waals surface area contributed by atoms with Gasteiger partial charge in [-0.25, -0.2) is 18.1 Å². The van der Waals surface area contributed by atoms with Crippen molar-refractivity contribution in [3.63, 3.8) is 0 Å². The summed E-state index contributed by atoms with van der Waals surface area (Å²) in [6.07, 6.45) is 2.72. The van der Waals surface area contributed by atoms with Crippen LogP contribution in [0.25, 0.3) is 15.7 Å². The number of pyridine rings is 1. The van der Waals surface area contributed by atoms with Gasteiger partial charge < -0.3 is 20.1 Å². The van der Waals surface area contributed by atoms with E-state index in [1.807, 2.05) is 30.3 Å². The van der Waals surface area contributed by atoms with E-state index in [4.69, 9.17) is 16.0 Å². The van der Waals surface area contributed by atoms with Crippen molar-refractivity contribution in [3.8, 4) is 17.2 Å². The minimum atomic E-state index is -3.39. The molecule has 0 aliphatic heterocycles. The van der Waals surface area contributed by atoms with Gasteiger partial charge >= 0.3 is 6.03 Å². The summed E-state index contributed by atoms with van der Waals surface area (Å²) in [5.41, 5.74) is 2.81. The maximum absolute atomic E-state index is 12.4. The van der Waals surface area contributed by atoms with Crippen molar-refractivity contribution in [2.75, 3.05) is 16.9 Å². The lowest BCUT2D eigenvalue weighted by Crippen LogP contribution is -2.19. The lowest BCUT2D eigenvalue weighted by atomic mass is 10.1. The molecule has 1 aromatic heterocycles. The first-order valence-corrected chi connectivity index (χ1v) is 14.3. The number of hydrogen-bond acceptors (Lipinski definition) is 6. The number of nitrogens with one attached hydrogen (secondary N) is 2. The summed E-state index contributed by atoms with van der Waals surface area (Å²) >= 11 is 0. The highest BCUT2D eigenvalue weighted by molar-refractivity contribution is 7.90. The average Bonchev–Trinajstić information content (AvgIpc) is 2.97. The van der Waals surface area contributed by atoms with Gasteiger partial charge in [0.05, 0.1) is 17.0 Å². The van der Waals surface area contributed by atoms with Crippen molar-refractivity contribution >= 4 is 43.8 Å². The molecule has 2 amide bonds. The van der Waals surface area contributed by atoms with Gasteiger partial charge in [-0.05, 0) is 66.2 Å². The number of ether oxygens (including phenoxy) is 2. The molecule has 0 aliphatic carbocycles. The number of nitrogens with zero attached hydrogens (tertiary/aromatic N) is 2. The van der Waals surface area contributed by atoms with E-state index in [-0.39, 0.29) is 4.90 Å². The smallest absolute Gasteiger partial charge is 0.323 e. The summed E-state index contributed by atoms with van der Waals surface area (Å²) < 4.78 is 35.5. The summed E-state index contributed by atoms with van der Waals surface area (Å²) in [6.45, 7) is 7.97. The Bertz CT molecular complexity index is 1870. The molecule has 0 fully saturated rings. The van der Waals surface area contributed by atoms with Crippen LogP contribution in [-0.4, -0.2) is 25.7 Å². The van der Waals surface area contributed by atoms with Crippen LogP contribution in [0.2, 0.25) is 0 Å². The number of urea groups is 1. The van der Waals surface area contributed by atoms with Crippen LogP contribution in [0.1, 0.15) is 5.56 Å². The number of aromatic nitrogens is 1. The minimum absolute atomic E-state index is 0.111. The molecule has 0 spiro atoms. The molecule has 5 aromatic rings. The van der Waals surface area contributed by atoms with E-state index in [1.54, 1.807) is 60.8 Å². The fourth-order valence-corrected chi connectivity index (χ4v) is 4.66. The van der Waals surface area contributed by atoms with Gasteiger partial charge in [-0.3, -0.25) is 4.98 Å². The van der Waals surface area contributed by atoms with Gasteiger partial charge in [0, 0.05) is 29.2 Å². The molecule has 9 nitrogen and oxygen atoms in total. The topological polar surface area (TPSA) is 111 Å². The van der Waals surface area contributed by atoms with Gasteiger partial charge in [-0.15, -0.1) is 0 Å². The molecule has 204 valence electrons. The summed E-state index contributed by atoms with van der Waals surface area (Å²) in [5, 5.41) is 5.98. The maximum Gasteiger partial charge on any atom is 0.323 e. The first-order chi connectivity index (χ1) is 19.8. The number of hydrogen-bond donors (Lipinski definition) is 2. The van der Waals surface area contributed by atoms with Gasteiger partial charge in [0.25, 0.3) is 0 Å². The first kappa shape index (κ1) is 27.2. The van der Waals surface area contributed by atoms with Gasteiger partial charge in [-0.2, -0.15) is 0 Å². The second kappa shape index (κ2) is 11.8. The number of rotatable bonds is 8. The van der Waals surface area contributed by atoms with E-state index in [9.17, 15) is 13.2 Å². The molecule has 5 rings (SSSR count). The van der Waals surface area contributed by atoms with E-state index in [0.717, 1.165) is 11.8 Å². The number of carbonyl (C=O) groups excluding carboxylic acids is 1. The van der Waals surface area contributed by atoms with Gasteiger partial charge in [-0.1, -0.05) is 36.4 Å². The molecule has 0 saturated heterocycles. The molecule has 0 aliphatic rings. The minimum Gasteiger partial charge on any atom is -0.500 e. The predicted octanol–water partition coefficient (Wildman–Crippen LogP) is 7.20. The van der Waals surface area contributed by atoms with Crippen LogP contribution in [0.3, 0.4) is 0 Å². The molecule has 0 atom stereocenters. The second-order valence-corrected chi connectivity index (χ2v) is 11.1. The van der Waals surface area contributed by atoms with Gasteiger partial charge in [0.15, 0.2) is 9.84 Å². The molecule has 1 heterocycles. The monoisotopic (exact) mass is 564 g/mol. The van der Waals surface area contributed by atoms with E-state index in [1.165, 1.54) is 12.1 Å². The highest BCUT2D eigenvalue weighted by Crippen LogP contribution is 2.37. The molecular weight excluding hydrogens is 540 g/mol. The third kappa shape index (κ3) is 6.79. The Balaban J connectivity index is 1.27. The van der Waals surface area contributed by atoms with Crippen molar-refractivity contribution in [3.05, 3.63) is 120 Å². The molecule has 2 N–H and O–H groups in total. The van der Waals surface area contributed by atoms with Crippen LogP contribution in [-0.2, 0) is 16.4 Å². The predicted molar refractivity (Wildman–Crippen MR) is 157 cm³/mol. The number of carbonyl (C=O) groups is 1. The van der Waals surface area contributed by atoms with Crippen LogP contribution in [0.5, 0.6) is 17.2 Å². The van der Waals surface area contributed by atoms with Crippen molar-refractivity contribution in [1.82, 2.24) is 4.98 Å². The molecule has 0 unspecified atom stereocenters. The van der Waals surface area contributed by atoms with Crippen LogP contribution in [0.15, 0.2) is 108 Å². The van der Waals surface area contributed by atoms with Crippen LogP contribution in [0.4, 0.5) is 21.9 Å². The molecule has 0 radical (unpaired) electrons. The quantitative estimate of drug-likeness (QED) is 0.193. The fraction of sp³-hybridized carbons (Fsp3) is 0.0645. The summed E-state index contributed by atoms with van der Waals surface area (Å²) in [7, 11) is -3.39. The molecule has 4 aromatic carbocycles. The number of amides is 2. The van der Waals surface area contributed by atoms with E-state index in [0.29, 0.717) is 51.8 Å². The summed E-state index contributed by atoms with van der Waals surface area (Å²) in [4.78, 5) is 20.6. The Morgan fingerprint density at radius 1 is 0.878 bits per heavy atom. The van der Waals surface area contributed by atoms with Gasteiger partial charge in [0.1, 0.15) is 23.9 Å². The van der Waals surface area contributed by atoms with Gasteiger partial charge in [0.2, 0.25) is 5.69 Å². The lowest BCUT2D eigenvalue weighted by Gasteiger charge is -2.13. The van der Waals surface area contributed by atoms with Crippen molar-refractivity contribution in [2.24, 2.45) is 0 Å². The first-order valence-electron chi connectivity index (χ1n) is 12.4. The van der Waals surface area contributed by atoms with Crippen molar-refractivity contribution < 1.29 is 22.7 Å². The summed E-state index contributed by atoms with van der Waals surface area (Å²) in [6, 6.07) is 27.1. The van der Waals surface area contributed by atoms with Crippen LogP contribution >= 0.6 is 0 Å². The molecule has 41 heavy (non-hydrogen) atoms. The Hall–Kier alpha value is -5.40. The zero-order chi connectivity index (χ0) is 28.8. The lowest BCUT2D eigenvalue weighted by molar-refractivity contribution is 0.262. The Morgan fingerprint density at radius 3 is 2.37 bits per heavy atom. The maximum atomic E-state index is 12.4. The van der Waals surface area contributed by atoms with E-state index >= 15 is 0 Å². The van der Waals surface area contributed by atoms with Crippen molar-refractivity contribution in [1.29, 1.82) is 0 Å². The zero-order valence-corrected chi connectivity index (χ0v) is 22.7. The number of sulfone groups is 1. The van der Waals surface area contributed by atoms with Crippen LogP contribution < -0.4 is 20.1 Å². The Kier molecular flexibility index (Phi) is 7.80.